The second-order valence-corrected chi connectivity index (χ2v) is 9.30. The van der Waals surface area contributed by atoms with Crippen LogP contribution in [0.5, 0.6) is 5.75 Å². The largest absolute Gasteiger partial charge is 0.486 e. The van der Waals surface area contributed by atoms with Gasteiger partial charge in [-0.15, -0.1) is 0 Å². The maximum atomic E-state index is 13.4. The van der Waals surface area contributed by atoms with Gasteiger partial charge < -0.3 is 15.0 Å². The Labute approximate surface area is 196 Å². The summed E-state index contributed by atoms with van der Waals surface area (Å²) in [6, 6.07) is 14.4. The molecule has 0 radical (unpaired) electrons. The first-order valence-electron chi connectivity index (χ1n) is 12.1. The smallest absolute Gasteiger partial charge is 0.324 e. The van der Waals surface area contributed by atoms with Crippen LogP contribution < -0.4 is 15.0 Å². The fourth-order valence-corrected chi connectivity index (χ4v) is 4.58. The molecule has 1 N–H and O–H groups in total. The number of hydrogen-bond donors (Lipinski definition) is 1. The van der Waals surface area contributed by atoms with E-state index in [1.807, 2.05) is 34.9 Å². The van der Waals surface area contributed by atoms with E-state index in [1.165, 1.54) is 11.1 Å². The van der Waals surface area contributed by atoms with Crippen molar-refractivity contribution in [1.82, 2.24) is 10.2 Å². The number of hydrogen-bond acceptors (Lipinski definition) is 3. The highest BCUT2D eigenvalue weighted by Gasteiger charge is 2.34. The molecule has 0 bridgehead atoms. The van der Waals surface area contributed by atoms with Crippen LogP contribution in [0.2, 0.25) is 0 Å². The van der Waals surface area contributed by atoms with Crippen LogP contribution in [0.3, 0.4) is 0 Å². The summed E-state index contributed by atoms with van der Waals surface area (Å²) in [5.74, 6) is 0.845. The average Bonchev–Trinajstić information content (AvgIpc) is 2.84. The summed E-state index contributed by atoms with van der Waals surface area (Å²) in [5.41, 5.74) is 4.42. The molecule has 0 aromatic heterocycles. The lowest BCUT2D eigenvalue weighted by molar-refractivity contribution is -0.126. The summed E-state index contributed by atoms with van der Waals surface area (Å²) >= 11 is 0. The zero-order chi connectivity index (χ0) is 23.4. The second kappa shape index (κ2) is 10.3. The number of anilines is 1. The van der Waals surface area contributed by atoms with E-state index >= 15 is 0 Å². The lowest BCUT2D eigenvalue weighted by Gasteiger charge is -2.39. The first-order chi connectivity index (χ1) is 15.9. The molecular formula is C27H35N3O3. The zero-order valence-electron chi connectivity index (χ0n) is 20.0. The molecule has 0 saturated carbocycles. The van der Waals surface area contributed by atoms with Crippen LogP contribution in [0.1, 0.15) is 42.9 Å². The van der Waals surface area contributed by atoms with Gasteiger partial charge in [-0.3, -0.25) is 9.69 Å². The predicted molar refractivity (Wildman–Crippen MR) is 131 cm³/mol. The summed E-state index contributed by atoms with van der Waals surface area (Å²) in [5, 5.41) is 3.09. The van der Waals surface area contributed by atoms with Crippen molar-refractivity contribution in [3.05, 3.63) is 59.2 Å². The van der Waals surface area contributed by atoms with Gasteiger partial charge in [-0.2, -0.15) is 0 Å². The van der Waals surface area contributed by atoms with E-state index < -0.39 is 0 Å². The monoisotopic (exact) mass is 449 g/mol. The van der Waals surface area contributed by atoms with Gasteiger partial charge in [0.05, 0.1) is 12.2 Å². The molecule has 6 heteroatoms. The van der Waals surface area contributed by atoms with Crippen LogP contribution in [0, 0.1) is 19.8 Å². The van der Waals surface area contributed by atoms with Crippen LogP contribution in [0.15, 0.2) is 42.5 Å². The number of rotatable bonds is 5. The molecule has 1 unspecified atom stereocenters. The van der Waals surface area contributed by atoms with Gasteiger partial charge in [0.1, 0.15) is 11.9 Å². The average molecular weight is 450 g/mol. The quantitative estimate of drug-likeness (QED) is 0.733. The third-order valence-corrected chi connectivity index (χ3v) is 6.74. The van der Waals surface area contributed by atoms with E-state index in [2.05, 4.69) is 43.4 Å². The van der Waals surface area contributed by atoms with E-state index in [0.717, 1.165) is 29.8 Å². The molecule has 4 rings (SSSR count). The number of piperidine rings is 1. The van der Waals surface area contributed by atoms with E-state index in [-0.39, 0.29) is 24.0 Å². The van der Waals surface area contributed by atoms with Crippen molar-refractivity contribution in [2.75, 3.05) is 31.1 Å². The van der Waals surface area contributed by atoms with Gasteiger partial charge in [-0.05, 0) is 62.8 Å². The number of carbonyl (C=O) groups excluding carboxylic acids is 2. The molecular weight excluding hydrogens is 414 g/mol. The van der Waals surface area contributed by atoms with Crippen molar-refractivity contribution >= 4 is 17.6 Å². The minimum Gasteiger partial charge on any atom is -0.486 e. The van der Waals surface area contributed by atoms with Gasteiger partial charge in [-0.1, -0.05) is 42.8 Å². The molecule has 0 spiro atoms. The zero-order valence-corrected chi connectivity index (χ0v) is 20.0. The highest BCUT2D eigenvalue weighted by molar-refractivity contribution is 5.94. The molecule has 176 valence electrons. The topological polar surface area (TPSA) is 61.9 Å². The van der Waals surface area contributed by atoms with Crippen LogP contribution in [-0.2, 0) is 11.2 Å². The molecule has 2 aliphatic rings. The van der Waals surface area contributed by atoms with Crippen molar-refractivity contribution in [2.24, 2.45) is 5.92 Å². The first-order valence-corrected chi connectivity index (χ1v) is 12.1. The Bertz CT molecular complexity index is 981. The Morgan fingerprint density at radius 2 is 1.73 bits per heavy atom. The lowest BCUT2D eigenvalue weighted by Crippen LogP contribution is -2.52. The Balaban J connectivity index is 1.30. The molecule has 1 saturated heterocycles. The number of urea groups is 1. The highest BCUT2D eigenvalue weighted by atomic mass is 16.5. The number of fused-ring (bicyclic) bond motifs is 1. The highest BCUT2D eigenvalue weighted by Crippen LogP contribution is 2.36. The van der Waals surface area contributed by atoms with Crippen molar-refractivity contribution in [3.8, 4) is 5.75 Å². The Morgan fingerprint density at radius 1 is 1.03 bits per heavy atom. The number of aryl methyl sites for hydroxylation is 2. The SMILES string of the molecule is CCC1CN(C(=O)N2CCC(C(=O)NCCc3ccc(C)cc3)CC2)c2cc(C)ccc2O1. The summed E-state index contributed by atoms with van der Waals surface area (Å²) < 4.78 is 6.06. The second-order valence-electron chi connectivity index (χ2n) is 9.30. The number of amides is 3. The minimum atomic E-state index is -0.0327. The molecule has 2 aromatic carbocycles. The molecule has 2 aliphatic heterocycles. The summed E-state index contributed by atoms with van der Waals surface area (Å²) in [6.45, 7) is 8.58. The Kier molecular flexibility index (Phi) is 7.21. The lowest BCUT2D eigenvalue weighted by atomic mass is 9.96. The maximum Gasteiger partial charge on any atom is 0.324 e. The fourth-order valence-electron chi connectivity index (χ4n) is 4.58. The van der Waals surface area contributed by atoms with E-state index in [4.69, 9.17) is 4.74 Å². The predicted octanol–water partition coefficient (Wildman–Crippen LogP) is 4.47. The number of nitrogens with one attached hydrogen (secondary N) is 1. The van der Waals surface area contributed by atoms with Crippen LogP contribution in [0.25, 0.3) is 0 Å². The molecule has 6 nitrogen and oxygen atoms in total. The third kappa shape index (κ3) is 5.49. The van der Waals surface area contributed by atoms with Crippen molar-refractivity contribution < 1.29 is 14.3 Å². The Morgan fingerprint density at radius 3 is 2.42 bits per heavy atom. The molecule has 2 heterocycles. The molecule has 33 heavy (non-hydrogen) atoms. The van der Waals surface area contributed by atoms with Gasteiger partial charge in [0.2, 0.25) is 5.91 Å². The number of carbonyl (C=O) groups is 2. The molecule has 2 aromatic rings. The van der Waals surface area contributed by atoms with Gasteiger partial charge in [0.25, 0.3) is 0 Å². The summed E-state index contributed by atoms with van der Waals surface area (Å²) in [7, 11) is 0. The molecule has 3 amide bonds. The normalized spacial score (nSPS) is 18.5. The van der Waals surface area contributed by atoms with E-state index in [0.29, 0.717) is 39.0 Å². The van der Waals surface area contributed by atoms with Gasteiger partial charge in [-0.25, -0.2) is 4.79 Å². The van der Waals surface area contributed by atoms with Gasteiger partial charge >= 0.3 is 6.03 Å². The fraction of sp³-hybridized carbons (Fsp3) is 0.481. The van der Waals surface area contributed by atoms with E-state index in [9.17, 15) is 9.59 Å². The maximum absolute atomic E-state index is 13.4. The van der Waals surface area contributed by atoms with Gasteiger partial charge in [0.15, 0.2) is 0 Å². The van der Waals surface area contributed by atoms with Gasteiger partial charge in [0, 0.05) is 25.6 Å². The molecule has 1 fully saturated rings. The standard InChI is InChI=1S/C27H35N3O3/c1-4-23-18-30(24-17-20(3)7-10-25(24)33-23)27(32)29-15-12-22(13-16-29)26(31)28-14-11-21-8-5-19(2)6-9-21/h5-10,17,22-23H,4,11-16,18H2,1-3H3,(H,28,31). The van der Waals surface area contributed by atoms with Crippen molar-refractivity contribution in [3.63, 3.8) is 0 Å². The third-order valence-electron chi connectivity index (χ3n) is 6.74. The minimum absolute atomic E-state index is 0.000928. The van der Waals surface area contributed by atoms with Crippen LogP contribution >= 0.6 is 0 Å². The first kappa shape index (κ1) is 23.1. The molecule has 0 aliphatic carbocycles. The summed E-state index contributed by atoms with van der Waals surface area (Å²) in [6.07, 6.45) is 3.08. The summed E-state index contributed by atoms with van der Waals surface area (Å²) in [4.78, 5) is 29.8. The number of likely N-dealkylation sites (tertiary alicyclic amines) is 1. The number of benzene rings is 2. The number of ether oxygens (including phenoxy) is 1. The van der Waals surface area contributed by atoms with Crippen molar-refractivity contribution in [2.45, 2.75) is 52.6 Å². The molecule has 1 atom stereocenters. The van der Waals surface area contributed by atoms with Crippen molar-refractivity contribution in [1.29, 1.82) is 0 Å². The van der Waals surface area contributed by atoms with Crippen LogP contribution in [-0.4, -0.2) is 49.1 Å². The van der Waals surface area contributed by atoms with Crippen LogP contribution in [0.4, 0.5) is 10.5 Å². The van der Waals surface area contributed by atoms with E-state index in [1.54, 1.807) is 0 Å². The Hall–Kier alpha value is -3.02. The number of nitrogens with zero attached hydrogens (tertiary/aromatic N) is 2.